The van der Waals surface area contributed by atoms with E-state index >= 15 is 0 Å². The van der Waals surface area contributed by atoms with Crippen molar-refractivity contribution in [3.05, 3.63) is 40.2 Å². The second-order valence-electron chi connectivity index (χ2n) is 4.01. The number of anilines is 1. The van der Waals surface area contributed by atoms with Crippen molar-refractivity contribution in [1.29, 1.82) is 0 Å². The molecule has 0 aliphatic carbocycles. The molecule has 0 saturated heterocycles. The van der Waals surface area contributed by atoms with Crippen LogP contribution in [0.4, 0.5) is 5.69 Å². The molecule has 1 heterocycles. The van der Waals surface area contributed by atoms with Crippen LogP contribution in [0.15, 0.2) is 29.6 Å². The van der Waals surface area contributed by atoms with E-state index in [4.69, 9.17) is 22.4 Å². The summed E-state index contributed by atoms with van der Waals surface area (Å²) in [4.78, 5) is 23.9. The fraction of sp³-hybridized carbons (Fsp3) is 0.167. The lowest BCUT2D eigenvalue weighted by Gasteiger charge is -2.18. The summed E-state index contributed by atoms with van der Waals surface area (Å²) in [5, 5.41) is 9.42. The fourth-order valence-corrected chi connectivity index (χ4v) is 1.95. The van der Waals surface area contributed by atoms with Gasteiger partial charge in [-0.05, 0) is 24.6 Å². The number of carbonyl (C=O) groups excluding carboxylic acids is 1. The number of nitrogens with zero attached hydrogens (tertiary/aromatic N) is 1. The number of amides is 1. The summed E-state index contributed by atoms with van der Waals surface area (Å²) in [6, 6.07) is 5.01. The van der Waals surface area contributed by atoms with Gasteiger partial charge >= 0.3 is 5.97 Å². The van der Waals surface area contributed by atoms with E-state index in [1.54, 1.807) is 18.2 Å². The maximum atomic E-state index is 11.8. The monoisotopic (exact) mass is 266 g/mol. The van der Waals surface area contributed by atoms with Crippen LogP contribution in [0.2, 0.25) is 5.02 Å². The molecular formula is C12H11ClN2O3. The van der Waals surface area contributed by atoms with Crippen molar-refractivity contribution < 1.29 is 14.7 Å². The van der Waals surface area contributed by atoms with E-state index < -0.39 is 5.97 Å². The summed E-state index contributed by atoms with van der Waals surface area (Å²) in [6.07, 6.45) is -0.202. The Morgan fingerprint density at radius 1 is 1.50 bits per heavy atom. The van der Waals surface area contributed by atoms with Crippen LogP contribution < -0.4 is 10.6 Å². The molecule has 0 unspecified atom stereocenters. The highest BCUT2D eigenvalue weighted by atomic mass is 35.5. The number of hydrogen-bond donors (Lipinski definition) is 2. The maximum absolute atomic E-state index is 11.8. The minimum atomic E-state index is -1.18. The normalized spacial score (nSPS) is 15.4. The highest BCUT2D eigenvalue weighted by molar-refractivity contribution is 6.31. The third-order valence-corrected chi connectivity index (χ3v) is 3.21. The van der Waals surface area contributed by atoms with Gasteiger partial charge in [0.2, 0.25) is 5.91 Å². The van der Waals surface area contributed by atoms with Gasteiger partial charge in [-0.15, -0.1) is 0 Å². The first-order valence-electron chi connectivity index (χ1n) is 5.23. The van der Waals surface area contributed by atoms with E-state index in [-0.39, 0.29) is 23.7 Å². The molecule has 0 atom stereocenters. The average Bonchev–Trinajstić information content (AvgIpc) is 2.59. The van der Waals surface area contributed by atoms with Crippen LogP contribution >= 0.6 is 11.6 Å². The predicted octanol–water partition coefficient (Wildman–Crippen LogP) is 1.64. The Balaban J connectivity index is 2.47. The molecule has 94 valence electrons. The van der Waals surface area contributed by atoms with E-state index in [1.165, 1.54) is 4.90 Å². The molecule has 0 bridgehead atoms. The maximum Gasteiger partial charge on any atom is 0.335 e. The smallest absolute Gasteiger partial charge is 0.335 e. The van der Waals surface area contributed by atoms with Gasteiger partial charge in [0, 0.05) is 5.02 Å². The number of carboxylic acid groups (broad SMARTS) is 1. The van der Waals surface area contributed by atoms with Crippen molar-refractivity contribution in [2.24, 2.45) is 5.73 Å². The minimum absolute atomic E-state index is 0.0487. The lowest BCUT2D eigenvalue weighted by molar-refractivity contribution is -0.133. The van der Waals surface area contributed by atoms with Crippen LogP contribution in [-0.4, -0.2) is 17.0 Å². The Morgan fingerprint density at radius 3 is 2.67 bits per heavy atom. The highest BCUT2D eigenvalue weighted by Crippen LogP contribution is 2.30. The third-order valence-electron chi connectivity index (χ3n) is 2.80. The molecule has 0 fully saturated rings. The second-order valence-corrected chi connectivity index (χ2v) is 4.42. The lowest BCUT2D eigenvalue weighted by atomic mass is 10.2. The van der Waals surface area contributed by atoms with E-state index in [2.05, 4.69) is 0 Å². The van der Waals surface area contributed by atoms with Crippen LogP contribution in [-0.2, 0) is 9.59 Å². The molecule has 0 radical (unpaired) electrons. The van der Waals surface area contributed by atoms with Gasteiger partial charge in [0.05, 0.1) is 17.7 Å². The number of hydrogen-bond acceptors (Lipinski definition) is 3. The molecule has 1 aromatic rings. The number of rotatable bonds is 2. The SMILES string of the molecule is Cc1ccc(N2C(=O)CC(C(=O)O)=C2N)cc1Cl. The summed E-state index contributed by atoms with van der Waals surface area (Å²) in [5.74, 6) is -1.60. The number of carbonyl (C=O) groups is 2. The van der Waals surface area contributed by atoms with Crippen LogP contribution in [0.3, 0.4) is 0 Å². The lowest BCUT2D eigenvalue weighted by Crippen LogP contribution is -2.28. The van der Waals surface area contributed by atoms with Gasteiger partial charge in [-0.3, -0.25) is 9.69 Å². The van der Waals surface area contributed by atoms with Crippen LogP contribution in [0, 0.1) is 6.92 Å². The molecular weight excluding hydrogens is 256 g/mol. The summed E-state index contributed by atoms with van der Waals surface area (Å²) < 4.78 is 0. The largest absolute Gasteiger partial charge is 0.478 e. The van der Waals surface area contributed by atoms with Gasteiger partial charge < -0.3 is 10.8 Å². The van der Waals surface area contributed by atoms with Crippen LogP contribution in [0.5, 0.6) is 0 Å². The Morgan fingerprint density at radius 2 is 2.17 bits per heavy atom. The van der Waals surface area contributed by atoms with Crippen molar-refractivity contribution >= 4 is 29.2 Å². The molecule has 1 aromatic carbocycles. The Hall–Kier alpha value is -2.01. The molecule has 0 aromatic heterocycles. The van der Waals surface area contributed by atoms with E-state index in [9.17, 15) is 9.59 Å². The Kier molecular flexibility index (Phi) is 3.00. The number of aliphatic carboxylic acids is 1. The first kappa shape index (κ1) is 12.4. The Labute approximate surface area is 108 Å². The number of benzene rings is 1. The van der Waals surface area contributed by atoms with Crippen molar-refractivity contribution in [2.75, 3.05) is 4.90 Å². The zero-order chi connectivity index (χ0) is 13.4. The van der Waals surface area contributed by atoms with E-state index in [0.717, 1.165) is 5.56 Å². The number of aryl methyl sites for hydroxylation is 1. The van der Waals surface area contributed by atoms with Crippen LogP contribution in [0.25, 0.3) is 0 Å². The van der Waals surface area contributed by atoms with Crippen molar-refractivity contribution in [2.45, 2.75) is 13.3 Å². The molecule has 5 nitrogen and oxygen atoms in total. The third kappa shape index (κ3) is 1.93. The molecule has 18 heavy (non-hydrogen) atoms. The van der Waals surface area contributed by atoms with Crippen LogP contribution in [0.1, 0.15) is 12.0 Å². The van der Waals surface area contributed by atoms with E-state index in [0.29, 0.717) is 10.7 Å². The first-order valence-corrected chi connectivity index (χ1v) is 5.60. The number of nitrogens with two attached hydrogens (primary N) is 1. The quantitative estimate of drug-likeness (QED) is 0.852. The summed E-state index contributed by atoms with van der Waals surface area (Å²) in [6.45, 7) is 1.83. The molecule has 6 heteroatoms. The summed E-state index contributed by atoms with van der Waals surface area (Å²) >= 11 is 5.98. The molecule has 0 saturated carbocycles. The molecule has 1 amide bonds. The van der Waals surface area contributed by atoms with Gasteiger partial charge in [0.1, 0.15) is 5.82 Å². The zero-order valence-corrected chi connectivity index (χ0v) is 10.4. The Bertz CT molecular complexity index is 581. The van der Waals surface area contributed by atoms with Crippen molar-refractivity contribution in [3.8, 4) is 0 Å². The van der Waals surface area contributed by atoms with Gasteiger partial charge in [-0.2, -0.15) is 0 Å². The summed E-state index contributed by atoms with van der Waals surface area (Å²) in [5.41, 5.74) is 6.95. The summed E-state index contributed by atoms with van der Waals surface area (Å²) in [7, 11) is 0. The van der Waals surface area contributed by atoms with Gasteiger partial charge in [0.15, 0.2) is 0 Å². The molecule has 1 aliphatic heterocycles. The number of carboxylic acids is 1. The predicted molar refractivity (Wildman–Crippen MR) is 67.1 cm³/mol. The standard InChI is InChI=1S/C12H11ClN2O3/c1-6-2-3-7(4-9(6)13)15-10(16)5-8(11(15)14)12(17)18/h2-4H,5,14H2,1H3,(H,17,18). The van der Waals surface area contributed by atoms with Gasteiger partial charge in [0.25, 0.3) is 0 Å². The first-order chi connectivity index (χ1) is 8.41. The van der Waals surface area contributed by atoms with Crippen molar-refractivity contribution in [1.82, 2.24) is 0 Å². The van der Waals surface area contributed by atoms with Crippen molar-refractivity contribution in [3.63, 3.8) is 0 Å². The topological polar surface area (TPSA) is 83.6 Å². The number of halogens is 1. The minimum Gasteiger partial charge on any atom is -0.478 e. The fourth-order valence-electron chi connectivity index (χ4n) is 1.78. The van der Waals surface area contributed by atoms with Gasteiger partial charge in [-0.25, -0.2) is 4.79 Å². The molecule has 1 aliphatic rings. The zero-order valence-electron chi connectivity index (χ0n) is 9.61. The second kappa shape index (κ2) is 4.34. The highest BCUT2D eigenvalue weighted by Gasteiger charge is 2.33. The average molecular weight is 267 g/mol. The molecule has 0 spiro atoms. The molecule has 3 N–H and O–H groups in total. The van der Waals surface area contributed by atoms with E-state index in [1.807, 2.05) is 6.92 Å². The van der Waals surface area contributed by atoms with Gasteiger partial charge in [-0.1, -0.05) is 17.7 Å². The molecule has 2 rings (SSSR count).